The fourth-order valence-corrected chi connectivity index (χ4v) is 7.52. The van der Waals surface area contributed by atoms with Gasteiger partial charge in [-0.05, 0) is 88.2 Å². The molecule has 0 N–H and O–H groups in total. The number of fused-ring (bicyclic) bond motifs is 6. The highest BCUT2D eigenvalue weighted by Gasteiger charge is 2.34. The highest BCUT2D eigenvalue weighted by Crippen LogP contribution is 2.46. The van der Waals surface area contributed by atoms with E-state index in [-0.39, 0.29) is 33.3 Å². The second-order valence-corrected chi connectivity index (χ2v) is 15.7. The first kappa shape index (κ1) is 33.7. The zero-order chi connectivity index (χ0) is 36.9. The molecule has 52 heavy (non-hydrogen) atoms. The van der Waals surface area contributed by atoms with E-state index in [4.69, 9.17) is 0 Å². The molecule has 8 rings (SSSR count). The van der Waals surface area contributed by atoms with Crippen LogP contribution in [0, 0.1) is 11.6 Å². The Morgan fingerprint density at radius 3 is 1.23 bits per heavy atom. The monoisotopic (exact) mass is 700 g/mol. The molecule has 262 valence electrons. The van der Waals surface area contributed by atoms with E-state index < -0.39 is 23.4 Å². The molecule has 2 heterocycles. The van der Waals surface area contributed by atoms with Crippen molar-refractivity contribution >= 4 is 43.6 Å². The van der Waals surface area contributed by atoms with Crippen molar-refractivity contribution < 1.29 is 22.0 Å². The summed E-state index contributed by atoms with van der Waals surface area (Å²) in [4.78, 5) is 0. The molecule has 0 spiro atoms. The number of halogens is 5. The summed E-state index contributed by atoms with van der Waals surface area (Å²) in [6.45, 7) is 12.7. The molecule has 8 aromatic rings. The third-order valence-corrected chi connectivity index (χ3v) is 10.1. The fraction of sp³-hybridized carbons (Fsp3) is 0.200. The molecular formula is C45H37F5N2. The Balaban J connectivity index is 1.60. The van der Waals surface area contributed by atoms with E-state index >= 15 is 22.0 Å². The van der Waals surface area contributed by atoms with Crippen molar-refractivity contribution in [2.45, 2.75) is 58.5 Å². The minimum absolute atomic E-state index is 0.116. The number of benzene rings is 6. The molecule has 2 nitrogen and oxygen atoms in total. The third-order valence-electron chi connectivity index (χ3n) is 10.1. The summed E-state index contributed by atoms with van der Waals surface area (Å²) in [6.07, 6.45) is -4.74. The topological polar surface area (TPSA) is 9.86 Å². The van der Waals surface area contributed by atoms with Crippen LogP contribution in [0.25, 0.3) is 66.1 Å². The minimum Gasteiger partial charge on any atom is -0.309 e. The zero-order valence-corrected chi connectivity index (χ0v) is 29.8. The molecule has 6 aromatic carbocycles. The van der Waals surface area contributed by atoms with Crippen LogP contribution in [-0.2, 0) is 17.0 Å². The van der Waals surface area contributed by atoms with Gasteiger partial charge in [0.1, 0.15) is 11.6 Å². The van der Waals surface area contributed by atoms with Gasteiger partial charge in [0.15, 0.2) is 0 Å². The zero-order valence-electron chi connectivity index (χ0n) is 29.8. The number of rotatable bonds is 3. The SMILES string of the molecule is CC(C)(C)c1ccc2c(c1)c1ccccc1n2-c1cc(C(F)(F)F)cc(-n2c3ccccc3c3cc(C(C)(C)C)ccc32)c1-c1cc(F)cc(F)c1. The Hall–Kier alpha value is -5.43. The second-order valence-electron chi connectivity index (χ2n) is 15.7. The maximum Gasteiger partial charge on any atom is 0.416 e. The van der Waals surface area contributed by atoms with Crippen molar-refractivity contribution in [2.24, 2.45) is 0 Å². The standard InChI is InChI=1S/C45H37F5N2/c1-43(2,3)27-15-17-38-34(21-27)32-11-7-9-13-36(32)51(38)40-23-29(45(48,49)50)24-41(42(40)26-19-30(46)25-31(47)20-26)52-37-14-10-8-12-33(37)35-22-28(44(4,5)6)16-18-39(35)52/h7-25H,1-6H3. The average molecular weight is 701 g/mol. The molecule has 0 saturated carbocycles. The molecule has 0 radical (unpaired) electrons. The van der Waals surface area contributed by atoms with Crippen LogP contribution < -0.4 is 0 Å². The van der Waals surface area contributed by atoms with Crippen molar-refractivity contribution in [3.63, 3.8) is 0 Å². The van der Waals surface area contributed by atoms with Crippen LogP contribution in [-0.4, -0.2) is 9.13 Å². The predicted octanol–water partition coefficient (Wildman–Crippen LogP) is 13.4. The van der Waals surface area contributed by atoms with Crippen molar-refractivity contribution in [3.8, 4) is 22.5 Å². The summed E-state index contributed by atoms with van der Waals surface area (Å²) >= 11 is 0. The van der Waals surface area contributed by atoms with E-state index in [1.165, 1.54) is 12.1 Å². The number of para-hydroxylation sites is 2. The Morgan fingerprint density at radius 2 is 0.827 bits per heavy atom. The summed E-state index contributed by atoms with van der Waals surface area (Å²) in [5, 5.41) is 3.44. The smallest absolute Gasteiger partial charge is 0.309 e. The summed E-state index contributed by atoms with van der Waals surface area (Å²) < 4.78 is 79.6. The number of aromatic nitrogens is 2. The summed E-state index contributed by atoms with van der Waals surface area (Å²) in [5.41, 5.74) is 4.26. The van der Waals surface area contributed by atoms with Crippen LogP contribution in [0.1, 0.15) is 58.2 Å². The molecule has 0 fully saturated rings. The van der Waals surface area contributed by atoms with Gasteiger partial charge in [0, 0.05) is 33.2 Å². The lowest BCUT2D eigenvalue weighted by Gasteiger charge is -2.23. The largest absolute Gasteiger partial charge is 0.416 e. The number of nitrogens with zero attached hydrogens (tertiary/aromatic N) is 2. The van der Waals surface area contributed by atoms with Crippen LogP contribution >= 0.6 is 0 Å². The molecule has 0 bridgehead atoms. The highest BCUT2D eigenvalue weighted by molar-refractivity contribution is 6.12. The van der Waals surface area contributed by atoms with Crippen LogP contribution in [0.4, 0.5) is 22.0 Å². The first-order valence-electron chi connectivity index (χ1n) is 17.3. The Kier molecular flexibility index (Phi) is 7.48. The first-order chi connectivity index (χ1) is 24.5. The summed E-state index contributed by atoms with van der Waals surface area (Å²) in [5.74, 6) is -1.67. The molecule has 0 aliphatic rings. The Morgan fingerprint density at radius 1 is 0.423 bits per heavy atom. The number of alkyl halides is 3. The Labute approximate surface area is 298 Å². The van der Waals surface area contributed by atoms with E-state index in [1.54, 1.807) is 9.13 Å². The van der Waals surface area contributed by atoms with Crippen LogP contribution in [0.15, 0.2) is 115 Å². The van der Waals surface area contributed by atoms with E-state index in [9.17, 15) is 0 Å². The van der Waals surface area contributed by atoms with Gasteiger partial charge in [-0.1, -0.05) is 90.1 Å². The molecule has 0 saturated heterocycles. The van der Waals surface area contributed by atoms with Gasteiger partial charge in [-0.25, -0.2) is 8.78 Å². The van der Waals surface area contributed by atoms with Crippen LogP contribution in [0.2, 0.25) is 0 Å². The van der Waals surface area contributed by atoms with Gasteiger partial charge in [0.25, 0.3) is 0 Å². The highest BCUT2D eigenvalue weighted by atomic mass is 19.4. The molecule has 0 unspecified atom stereocenters. The lowest BCUT2D eigenvalue weighted by molar-refractivity contribution is -0.137. The second kappa shape index (κ2) is 11.5. The van der Waals surface area contributed by atoms with Crippen LogP contribution in [0.5, 0.6) is 0 Å². The molecule has 2 aromatic heterocycles. The number of hydrogen-bond donors (Lipinski definition) is 0. The van der Waals surface area contributed by atoms with Gasteiger partial charge in [0.05, 0.1) is 39.0 Å². The molecule has 0 aliphatic carbocycles. The van der Waals surface area contributed by atoms with Crippen molar-refractivity contribution in [3.05, 3.63) is 144 Å². The normalized spacial score (nSPS) is 12.9. The predicted molar refractivity (Wildman–Crippen MR) is 203 cm³/mol. The third kappa shape index (κ3) is 5.45. The van der Waals surface area contributed by atoms with Gasteiger partial charge in [-0.15, -0.1) is 0 Å². The maximum absolute atomic E-state index is 15.2. The minimum atomic E-state index is -4.74. The van der Waals surface area contributed by atoms with Gasteiger partial charge in [-0.3, -0.25) is 0 Å². The lowest BCUT2D eigenvalue weighted by atomic mass is 9.86. The van der Waals surface area contributed by atoms with Crippen LogP contribution in [0.3, 0.4) is 0 Å². The van der Waals surface area contributed by atoms with Crippen molar-refractivity contribution in [1.82, 2.24) is 9.13 Å². The molecule has 0 atom stereocenters. The molecular weight excluding hydrogens is 663 g/mol. The van der Waals surface area contributed by atoms with E-state index in [2.05, 4.69) is 53.7 Å². The average Bonchev–Trinajstić information content (AvgIpc) is 3.58. The van der Waals surface area contributed by atoms with E-state index in [1.807, 2.05) is 72.8 Å². The van der Waals surface area contributed by atoms with E-state index in [0.717, 1.165) is 50.9 Å². The maximum atomic E-state index is 15.2. The first-order valence-corrected chi connectivity index (χ1v) is 17.3. The fourth-order valence-electron chi connectivity index (χ4n) is 7.52. The lowest BCUT2D eigenvalue weighted by Crippen LogP contribution is -2.12. The quantitative estimate of drug-likeness (QED) is 0.162. The molecule has 7 heteroatoms. The van der Waals surface area contributed by atoms with Crippen molar-refractivity contribution in [1.29, 1.82) is 0 Å². The molecule has 0 amide bonds. The van der Waals surface area contributed by atoms with E-state index in [0.29, 0.717) is 22.1 Å². The van der Waals surface area contributed by atoms with Gasteiger partial charge in [-0.2, -0.15) is 13.2 Å². The molecule has 0 aliphatic heterocycles. The van der Waals surface area contributed by atoms with Gasteiger partial charge < -0.3 is 9.13 Å². The van der Waals surface area contributed by atoms with Crippen molar-refractivity contribution in [2.75, 3.05) is 0 Å². The summed E-state index contributed by atoms with van der Waals surface area (Å²) in [7, 11) is 0. The number of hydrogen-bond acceptors (Lipinski definition) is 0. The summed E-state index contributed by atoms with van der Waals surface area (Å²) in [6, 6.07) is 32.5. The Bertz CT molecular complexity index is 2540. The van der Waals surface area contributed by atoms with Gasteiger partial charge >= 0.3 is 6.18 Å². The van der Waals surface area contributed by atoms with Gasteiger partial charge in [0.2, 0.25) is 0 Å².